The monoisotopic (exact) mass is 320 g/mol. The van der Waals surface area contributed by atoms with Gasteiger partial charge in [-0.1, -0.05) is 36.4 Å². The lowest BCUT2D eigenvalue weighted by Gasteiger charge is -2.18. The summed E-state index contributed by atoms with van der Waals surface area (Å²) in [4.78, 5) is 29.0. The predicted molar refractivity (Wildman–Crippen MR) is 88.2 cm³/mol. The fourth-order valence-corrected chi connectivity index (χ4v) is 2.39. The lowest BCUT2D eigenvalue weighted by Crippen LogP contribution is -2.35. The maximum absolute atomic E-state index is 12.4. The number of hydrogen-bond acceptors (Lipinski definition) is 4. The summed E-state index contributed by atoms with van der Waals surface area (Å²) < 4.78 is 1.48. The Morgan fingerprint density at radius 2 is 1.83 bits per heavy atom. The van der Waals surface area contributed by atoms with Crippen LogP contribution in [0.15, 0.2) is 67.1 Å². The molecule has 1 aromatic carbocycles. The molecular weight excluding hydrogens is 304 g/mol. The Balaban J connectivity index is 1.87. The van der Waals surface area contributed by atoms with Crippen molar-refractivity contribution in [1.82, 2.24) is 20.1 Å². The number of pyridine rings is 1. The molecule has 6 nitrogen and oxygen atoms in total. The van der Waals surface area contributed by atoms with Gasteiger partial charge in [0.25, 0.3) is 11.7 Å². The minimum absolute atomic E-state index is 0.253. The lowest BCUT2D eigenvalue weighted by molar-refractivity contribution is -0.117. The maximum atomic E-state index is 12.4. The number of carbonyl (C=O) groups excluding carboxylic acids is 2. The van der Waals surface area contributed by atoms with Gasteiger partial charge in [-0.25, -0.2) is 0 Å². The molecule has 0 aliphatic heterocycles. The number of rotatable bonds is 5. The van der Waals surface area contributed by atoms with Gasteiger partial charge in [0, 0.05) is 19.4 Å². The standard InChI is InChI=1S/C18H16N4O2/c1-22-12-14(11-20-22)17(23)18(24)21-16(13-7-3-2-4-8-13)15-9-5-6-10-19-15/h2-12,16H,1H3,(H,21,24)/t16-/m1/s1. The molecule has 24 heavy (non-hydrogen) atoms. The molecule has 0 saturated heterocycles. The summed E-state index contributed by atoms with van der Waals surface area (Å²) in [6.45, 7) is 0. The predicted octanol–water partition coefficient (Wildman–Crippen LogP) is 1.90. The second-order valence-corrected chi connectivity index (χ2v) is 5.30. The van der Waals surface area contributed by atoms with Crippen LogP contribution in [0.25, 0.3) is 0 Å². The van der Waals surface area contributed by atoms with Crippen molar-refractivity contribution < 1.29 is 9.59 Å². The van der Waals surface area contributed by atoms with Crippen LogP contribution in [-0.4, -0.2) is 26.5 Å². The summed E-state index contributed by atoms with van der Waals surface area (Å²) in [5.41, 5.74) is 1.77. The highest BCUT2D eigenvalue weighted by molar-refractivity contribution is 6.42. The van der Waals surface area contributed by atoms with E-state index in [4.69, 9.17) is 0 Å². The van der Waals surface area contributed by atoms with E-state index in [1.165, 1.54) is 17.1 Å². The molecule has 3 aromatic rings. The smallest absolute Gasteiger partial charge is 0.293 e. The van der Waals surface area contributed by atoms with E-state index in [2.05, 4.69) is 15.4 Å². The van der Waals surface area contributed by atoms with Gasteiger partial charge < -0.3 is 5.32 Å². The zero-order valence-corrected chi connectivity index (χ0v) is 13.1. The fourth-order valence-electron chi connectivity index (χ4n) is 2.39. The van der Waals surface area contributed by atoms with Gasteiger partial charge in [-0.3, -0.25) is 19.3 Å². The second-order valence-electron chi connectivity index (χ2n) is 5.30. The van der Waals surface area contributed by atoms with Crippen LogP contribution in [0.2, 0.25) is 0 Å². The molecule has 1 N–H and O–H groups in total. The normalized spacial score (nSPS) is 11.7. The summed E-state index contributed by atoms with van der Waals surface area (Å²) in [6, 6.07) is 14.4. The van der Waals surface area contributed by atoms with Gasteiger partial charge in [0.1, 0.15) is 0 Å². The third kappa shape index (κ3) is 3.38. The molecule has 2 aromatic heterocycles. The molecule has 1 amide bonds. The van der Waals surface area contributed by atoms with Crippen molar-refractivity contribution in [2.75, 3.05) is 0 Å². The van der Waals surface area contributed by atoms with Gasteiger partial charge in [-0.15, -0.1) is 0 Å². The number of hydrogen-bond donors (Lipinski definition) is 1. The van der Waals surface area contributed by atoms with Gasteiger partial charge in [-0.2, -0.15) is 5.10 Å². The minimum atomic E-state index is -0.692. The maximum Gasteiger partial charge on any atom is 0.293 e. The Morgan fingerprint density at radius 3 is 2.46 bits per heavy atom. The summed E-state index contributed by atoms with van der Waals surface area (Å²) >= 11 is 0. The topological polar surface area (TPSA) is 76.9 Å². The summed E-state index contributed by atoms with van der Waals surface area (Å²) in [5, 5.41) is 6.69. The first-order valence-corrected chi connectivity index (χ1v) is 7.45. The second kappa shape index (κ2) is 6.87. The molecule has 3 rings (SSSR count). The number of nitrogens with one attached hydrogen (secondary N) is 1. The number of Topliss-reactive ketones (excluding diaryl/α,β-unsaturated/α-hetero) is 1. The molecule has 0 spiro atoms. The van der Waals surface area contributed by atoms with Gasteiger partial charge >= 0.3 is 0 Å². The highest BCUT2D eigenvalue weighted by Gasteiger charge is 2.23. The van der Waals surface area contributed by atoms with E-state index in [9.17, 15) is 9.59 Å². The first-order chi connectivity index (χ1) is 11.6. The van der Waals surface area contributed by atoms with E-state index in [1.807, 2.05) is 42.5 Å². The third-order valence-electron chi connectivity index (χ3n) is 3.57. The SMILES string of the molecule is Cn1cc(C(=O)C(=O)N[C@H](c2ccccc2)c2ccccn2)cn1. The van der Waals surface area contributed by atoms with Crippen molar-refractivity contribution >= 4 is 11.7 Å². The van der Waals surface area contributed by atoms with Crippen LogP contribution < -0.4 is 5.32 Å². The Morgan fingerprint density at radius 1 is 1.08 bits per heavy atom. The van der Waals surface area contributed by atoms with Crippen molar-refractivity contribution in [3.63, 3.8) is 0 Å². The van der Waals surface area contributed by atoms with Gasteiger partial charge in [0.2, 0.25) is 0 Å². The number of ketones is 1. The number of amides is 1. The Hall–Kier alpha value is -3.28. The van der Waals surface area contributed by atoms with Crippen LogP contribution in [0.5, 0.6) is 0 Å². The van der Waals surface area contributed by atoms with E-state index in [1.54, 1.807) is 19.3 Å². The third-order valence-corrected chi connectivity index (χ3v) is 3.57. The van der Waals surface area contributed by atoms with Crippen LogP contribution in [0.1, 0.15) is 27.7 Å². The molecule has 0 fully saturated rings. The van der Waals surface area contributed by atoms with Gasteiger partial charge in [0.05, 0.1) is 23.5 Å². The Labute approximate surface area is 139 Å². The van der Waals surface area contributed by atoms with Crippen LogP contribution in [0.4, 0.5) is 0 Å². The van der Waals surface area contributed by atoms with Crippen molar-refractivity contribution in [1.29, 1.82) is 0 Å². The lowest BCUT2D eigenvalue weighted by atomic mass is 10.0. The molecule has 0 aliphatic rings. The Kier molecular flexibility index (Phi) is 4.47. The zero-order chi connectivity index (χ0) is 16.9. The molecular formula is C18H16N4O2. The molecule has 0 radical (unpaired) electrons. The van der Waals surface area contributed by atoms with Crippen molar-refractivity contribution in [2.45, 2.75) is 6.04 Å². The van der Waals surface area contributed by atoms with Crippen LogP contribution >= 0.6 is 0 Å². The Bertz CT molecular complexity index is 804. The number of nitrogens with zero attached hydrogens (tertiary/aromatic N) is 3. The fraction of sp³-hybridized carbons (Fsp3) is 0.111. The first kappa shape index (κ1) is 15.6. The molecule has 0 unspecified atom stereocenters. The van der Waals surface area contributed by atoms with E-state index < -0.39 is 17.7 Å². The van der Waals surface area contributed by atoms with Gasteiger partial charge in [0.15, 0.2) is 0 Å². The molecule has 0 bridgehead atoms. The van der Waals surface area contributed by atoms with Crippen LogP contribution in [0, 0.1) is 0 Å². The van der Waals surface area contributed by atoms with Crippen LogP contribution in [-0.2, 0) is 11.8 Å². The molecule has 0 aliphatic carbocycles. The van der Waals surface area contributed by atoms with E-state index in [0.29, 0.717) is 5.69 Å². The van der Waals surface area contributed by atoms with Crippen molar-refractivity contribution in [3.05, 3.63) is 83.9 Å². The molecule has 2 heterocycles. The molecule has 1 atom stereocenters. The number of aryl methyl sites for hydroxylation is 1. The van der Waals surface area contributed by atoms with Crippen molar-refractivity contribution in [2.24, 2.45) is 7.05 Å². The largest absolute Gasteiger partial charge is 0.337 e. The van der Waals surface area contributed by atoms with Crippen LogP contribution in [0.3, 0.4) is 0 Å². The first-order valence-electron chi connectivity index (χ1n) is 7.45. The van der Waals surface area contributed by atoms with Crippen molar-refractivity contribution in [3.8, 4) is 0 Å². The summed E-state index contributed by atoms with van der Waals surface area (Å²) in [7, 11) is 1.69. The molecule has 120 valence electrons. The zero-order valence-electron chi connectivity index (χ0n) is 13.1. The molecule has 0 saturated carbocycles. The quantitative estimate of drug-likeness (QED) is 0.575. The number of benzene rings is 1. The van der Waals surface area contributed by atoms with E-state index in [-0.39, 0.29) is 5.56 Å². The number of carbonyl (C=O) groups is 2. The van der Waals surface area contributed by atoms with Gasteiger partial charge in [-0.05, 0) is 17.7 Å². The minimum Gasteiger partial charge on any atom is -0.337 e. The average molecular weight is 320 g/mol. The average Bonchev–Trinajstić information content (AvgIpc) is 3.06. The summed E-state index contributed by atoms with van der Waals surface area (Å²) in [5.74, 6) is -1.32. The summed E-state index contributed by atoms with van der Waals surface area (Å²) in [6.07, 6.45) is 4.54. The highest BCUT2D eigenvalue weighted by Crippen LogP contribution is 2.20. The number of aromatic nitrogens is 3. The van der Waals surface area contributed by atoms with E-state index >= 15 is 0 Å². The molecule has 6 heteroatoms. The van der Waals surface area contributed by atoms with E-state index in [0.717, 1.165) is 5.56 Å². The highest BCUT2D eigenvalue weighted by atomic mass is 16.2.